The third-order valence-electron chi connectivity index (χ3n) is 2.10. The van der Waals surface area contributed by atoms with Crippen molar-refractivity contribution in [3.8, 4) is 0 Å². The lowest BCUT2D eigenvalue weighted by molar-refractivity contribution is 0.977. The van der Waals surface area contributed by atoms with Gasteiger partial charge in [-0.05, 0) is 50.4 Å². The molecule has 0 unspecified atom stereocenters. The highest BCUT2D eigenvalue weighted by Crippen LogP contribution is 2.20. The van der Waals surface area contributed by atoms with Gasteiger partial charge in [0, 0.05) is 13.1 Å². The van der Waals surface area contributed by atoms with Gasteiger partial charge in [-0.3, -0.25) is 0 Å². The topological polar surface area (TPSA) is 48.1 Å². The molecule has 0 saturated heterocycles. The molecule has 0 aliphatic carbocycles. The fourth-order valence-corrected chi connectivity index (χ4v) is 1.86. The Morgan fingerprint density at radius 1 is 0.889 bits per heavy atom. The smallest absolute Gasteiger partial charge is 0.170 e. The second-order valence-corrected chi connectivity index (χ2v) is 4.33. The van der Waals surface area contributed by atoms with Gasteiger partial charge >= 0.3 is 0 Å². The van der Waals surface area contributed by atoms with Gasteiger partial charge < -0.3 is 21.3 Å². The maximum Gasteiger partial charge on any atom is 0.170 e. The zero-order chi connectivity index (χ0) is 13.4. The van der Waals surface area contributed by atoms with Gasteiger partial charge in [-0.1, -0.05) is 12.1 Å². The molecule has 0 aliphatic rings. The largest absolute Gasteiger partial charge is 0.363 e. The molecule has 18 heavy (non-hydrogen) atoms. The van der Waals surface area contributed by atoms with Gasteiger partial charge in [0.05, 0.1) is 11.4 Å². The molecule has 0 heterocycles. The van der Waals surface area contributed by atoms with E-state index in [0.29, 0.717) is 10.2 Å². The van der Waals surface area contributed by atoms with Crippen molar-refractivity contribution in [1.29, 1.82) is 0 Å². The van der Waals surface area contributed by atoms with Gasteiger partial charge in [0.15, 0.2) is 10.2 Å². The zero-order valence-corrected chi connectivity index (χ0v) is 12.2. The Kier molecular flexibility index (Phi) is 6.38. The summed E-state index contributed by atoms with van der Waals surface area (Å²) >= 11 is 10.3. The van der Waals surface area contributed by atoms with Gasteiger partial charge in [0.2, 0.25) is 0 Å². The highest BCUT2D eigenvalue weighted by atomic mass is 32.1. The third-order valence-corrected chi connectivity index (χ3v) is 2.59. The Morgan fingerprint density at radius 3 is 1.61 bits per heavy atom. The summed E-state index contributed by atoms with van der Waals surface area (Å²) in [5, 5.41) is 13.5. The Balaban J connectivity index is 2.73. The summed E-state index contributed by atoms with van der Waals surface area (Å²) in [6, 6.07) is 7.78. The predicted octanol–water partition coefficient (Wildman–Crippen LogP) is 2.30. The van der Waals surface area contributed by atoms with Crippen LogP contribution < -0.4 is 21.3 Å². The maximum atomic E-state index is 5.16. The molecule has 6 heteroatoms. The number of thiocarbonyl (C=S) groups is 2. The maximum absolute atomic E-state index is 5.16. The van der Waals surface area contributed by atoms with Crippen molar-refractivity contribution in [3.63, 3.8) is 0 Å². The highest BCUT2D eigenvalue weighted by Gasteiger charge is 2.04. The average molecular weight is 282 g/mol. The molecule has 0 radical (unpaired) electrons. The van der Waals surface area contributed by atoms with Crippen LogP contribution in [0.1, 0.15) is 13.8 Å². The van der Waals surface area contributed by atoms with Crippen LogP contribution >= 0.6 is 24.4 Å². The summed E-state index contributed by atoms with van der Waals surface area (Å²) in [4.78, 5) is 0. The fourth-order valence-electron chi connectivity index (χ4n) is 1.36. The summed E-state index contributed by atoms with van der Waals surface area (Å²) in [6.45, 7) is 5.57. The standard InChI is InChI=1S/C12H18N4S2/c1-3-13-11(17)15-9-7-5-6-8-10(9)16-12(18)14-4-2/h5-8H,3-4H2,1-2H3,(H2,13,15,17)(H2,14,16,18). The van der Waals surface area contributed by atoms with Crippen molar-refractivity contribution in [2.75, 3.05) is 23.7 Å². The van der Waals surface area contributed by atoms with Crippen molar-refractivity contribution in [3.05, 3.63) is 24.3 Å². The van der Waals surface area contributed by atoms with Crippen molar-refractivity contribution in [2.24, 2.45) is 0 Å². The molecule has 0 bridgehead atoms. The van der Waals surface area contributed by atoms with Crippen LogP contribution in [-0.2, 0) is 0 Å². The first-order chi connectivity index (χ1) is 8.67. The molecule has 0 atom stereocenters. The predicted molar refractivity (Wildman–Crippen MR) is 86.2 cm³/mol. The molecule has 0 aliphatic heterocycles. The minimum absolute atomic E-state index is 0.598. The first-order valence-electron chi connectivity index (χ1n) is 5.86. The Labute approximate surface area is 119 Å². The minimum Gasteiger partial charge on any atom is -0.363 e. The second kappa shape index (κ2) is 7.84. The van der Waals surface area contributed by atoms with Crippen LogP contribution in [0.25, 0.3) is 0 Å². The Hall–Kier alpha value is -1.40. The molecule has 0 amide bonds. The summed E-state index contributed by atoms with van der Waals surface area (Å²) in [5.41, 5.74) is 1.78. The van der Waals surface area contributed by atoms with E-state index < -0.39 is 0 Å². The first-order valence-corrected chi connectivity index (χ1v) is 6.67. The number of hydrogen-bond donors (Lipinski definition) is 4. The molecule has 0 saturated carbocycles. The van der Waals surface area contributed by atoms with Gasteiger partial charge in [-0.25, -0.2) is 0 Å². The zero-order valence-electron chi connectivity index (χ0n) is 10.5. The van der Waals surface area contributed by atoms with Crippen LogP contribution in [-0.4, -0.2) is 23.3 Å². The van der Waals surface area contributed by atoms with E-state index in [2.05, 4.69) is 21.3 Å². The van der Waals surface area contributed by atoms with Gasteiger partial charge in [-0.15, -0.1) is 0 Å². The summed E-state index contributed by atoms with van der Waals surface area (Å²) in [5.74, 6) is 0. The van der Waals surface area contributed by atoms with Crippen molar-refractivity contribution in [1.82, 2.24) is 10.6 Å². The van der Waals surface area contributed by atoms with E-state index in [4.69, 9.17) is 24.4 Å². The number of para-hydroxylation sites is 2. The van der Waals surface area contributed by atoms with E-state index in [1.165, 1.54) is 0 Å². The molecular formula is C12H18N4S2. The van der Waals surface area contributed by atoms with Crippen LogP contribution in [0.3, 0.4) is 0 Å². The molecule has 0 fully saturated rings. The number of hydrogen-bond acceptors (Lipinski definition) is 2. The van der Waals surface area contributed by atoms with Gasteiger partial charge in [-0.2, -0.15) is 0 Å². The third kappa shape index (κ3) is 4.85. The fraction of sp³-hybridized carbons (Fsp3) is 0.333. The van der Waals surface area contributed by atoms with Crippen LogP contribution in [0.15, 0.2) is 24.3 Å². The summed E-state index contributed by atoms with van der Waals surface area (Å²) in [6.07, 6.45) is 0. The normalized spacial score (nSPS) is 9.44. The molecule has 0 aromatic heterocycles. The first kappa shape index (κ1) is 14.7. The molecular weight excluding hydrogens is 264 g/mol. The van der Waals surface area contributed by atoms with Gasteiger partial charge in [0.1, 0.15) is 0 Å². The van der Waals surface area contributed by atoms with Crippen LogP contribution in [0.2, 0.25) is 0 Å². The monoisotopic (exact) mass is 282 g/mol. The number of rotatable bonds is 4. The molecule has 1 aromatic rings. The van der Waals surface area contributed by atoms with Crippen molar-refractivity contribution >= 4 is 46.0 Å². The number of benzene rings is 1. The molecule has 4 nitrogen and oxygen atoms in total. The van der Waals surface area contributed by atoms with Crippen LogP contribution in [0, 0.1) is 0 Å². The Morgan fingerprint density at radius 2 is 1.28 bits per heavy atom. The Bertz CT molecular complexity index is 381. The highest BCUT2D eigenvalue weighted by molar-refractivity contribution is 7.80. The van der Waals surface area contributed by atoms with E-state index in [9.17, 15) is 0 Å². The van der Waals surface area contributed by atoms with Crippen molar-refractivity contribution < 1.29 is 0 Å². The van der Waals surface area contributed by atoms with E-state index in [-0.39, 0.29) is 0 Å². The number of anilines is 2. The van der Waals surface area contributed by atoms with E-state index >= 15 is 0 Å². The molecule has 4 N–H and O–H groups in total. The lowest BCUT2D eigenvalue weighted by Crippen LogP contribution is -2.30. The van der Waals surface area contributed by atoms with Crippen LogP contribution in [0.5, 0.6) is 0 Å². The molecule has 0 spiro atoms. The van der Waals surface area contributed by atoms with E-state index in [1.807, 2.05) is 38.1 Å². The second-order valence-electron chi connectivity index (χ2n) is 3.51. The summed E-state index contributed by atoms with van der Waals surface area (Å²) in [7, 11) is 0. The van der Waals surface area contributed by atoms with Gasteiger partial charge in [0.25, 0.3) is 0 Å². The quantitative estimate of drug-likeness (QED) is 0.636. The lowest BCUT2D eigenvalue weighted by atomic mass is 10.2. The van der Waals surface area contributed by atoms with Crippen LogP contribution in [0.4, 0.5) is 11.4 Å². The van der Waals surface area contributed by atoms with E-state index in [0.717, 1.165) is 24.5 Å². The number of nitrogens with one attached hydrogen (secondary N) is 4. The van der Waals surface area contributed by atoms with Crippen molar-refractivity contribution in [2.45, 2.75) is 13.8 Å². The SMILES string of the molecule is CCNC(=S)Nc1ccccc1NC(=S)NCC. The summed E-state index contributed by atoms with van der Waals surface area (Å²) < 4.78 is 0. The molecule has 98 valence electrons. The molecule has 1 aromatic carbocycles. The minimum atomic E-state index is 0.598. The molecule has 1 rings (SSSR count). The lowest BCUT2D eigenvalue weighted by Gasteiger charge is -2.15. The average Bonchev–Trinajstić information content (AvgIpc) is 2.32. The van der Waals surface area contributed by atoms with E-state index in [1.54, 1.807) is 0 Å².